The Labute approximate surface area is 409 Å². The summed E-state index contributed by atoms with van der Waals surface area (Å²) in [5.74, 6) is 1.21. The summed E-state index contributed by atoms with van der Waals surface area (Å²) in [6.45, 7) is 6.09. The number of fused-ring (bicyclic) bond motifs is 4. The number of nitrogens with one attached hydrogen (secondary N) is 1. The quantitative estimate of drug-likeness (QED) is 0.0422. The van der Waals surface area contributed by atoms with Gasteiger partial charge < -0.3 is 34.8 Å². The van der Waals surface area contributed by atoms with Crippen LogP contribution < -0.4 is 26.5 Å². The lowest BCUT2D eigenvalue weighted by Gasteiger charge is -2.42. The highest BCUT2D eigenvalue weighted by molar-refractivity contribution is 7.48. The second-order valence-corrected chi connectivity index (χ2v) is 21.1. The van der Waals surface area contributed by atoms with E-state index in [4.69, 9.17) is 39.2 Å². The molecule has 0 aliphatic heterocycles. The Bertz CT molecular complexity index is 3220. The Kier molecular flexibility index (Phi) is 11.6. The average Bonchev–Trinajstić information content (AvgIpc) is 4.10. The summed E-state index contributed by atoms with van der Waals surface area (Å²) < 4.78 is 58.6. The van der Waals surface area contributed by atoms with Crippen LogP contribution in [0.25, 0.3) is 22.3 Å². The molecular formula is C51H56N11O8P. The summed E-state index contributed by atoms with van der Waals surface area (Å²) in [4.78, 5) is 38.0. The minimum absolute atomic E-state index is 0.0480. The summed E-state index contributed by atoms with van der Waals surface area (Å²) in [6, 6.07) is 27.3. The molecule has 4 aliphatic carbocycles. The smallest absolute Gasteiger partial charge is 0.475 e. The number of rotatable bonds is 18. The molecule has 11 atom stereocenters. The van der Waals surface area contributed by atoms with E-state index >= 15 is 4.57 Å². The number of anilines is 2. The molecule has 11 rings (SSSR count). The van der Waals surface area contributed by atoms with Gasteiger partial charge >= 0.3 is 7.82 Å². The number of methoxy groups -OCH3 is 2. The summed E-state index contributed by atoms with van der Waals surface area (Å²) in [5, 5.41) is 9.67. The summed E-state index contributed by atoms with van der Waals surface area (Å²) in [5.41, 5.74) is 13.9. The summed E-state index contributed by atoms with van der Waals surface area (Å²) in [7, 11) is -1.25. The standard InChI is InChI=1S/C51H56N11O8P/c1-6-49-23-37(49)41(62-28-58-39-46(62)59-48(54)60-47(39)63)42(30(49)3)70-71(64,67-22-10-21-52)68-25-50-24-36(50)40(61-27-57-38-44(53)55-26-56-45(38)61)29(2)43(50)69-51(31-11-8-7-9-12-31,32-13-17-34(65-4)18-14-32)33-15-19-35(66-5)20-16-33/h7-9,11-20,26-30,36-37,40-43H,6,10,22-25H2,1-5H3,(H2,53,55,56)(H3,54,59,60,63)/t29-,30-,36+,37+,40-,41+,42+,43-,49+,50+,71?/m0/s1. The average molecular weight is 982 g/mol. The van der Waals surface area contributed by atoms with E-state index in [-0.39, 0.29) is 72.0 Å². The van der Waals surface area contributed by atoms with Crippen LogP contribution in [0.5, 0.6) is 11.5 Å². The second-order valence-electron chi connectivity index (χ2n) is 19.5. The van der Waals surface area contributed by atoms with Crippen molar-refractivity contribution < 1.29 is 32.3 Å². The van der Waals surface area contributed by atoms with Gasteiger partial charge in [0.2, 0.25) is 5.95 Å². The topological polar surface area (TPSA) is 255 Å². The first kappa shape index (κ1) is 46.7. The third-order valence-electron chi connectivity index (χ3n) is 16.3. The molecule has 4 heterocycles. The summed E-state index contributed by atoms with van der Waals surface area (Å²) >= 11 is 0. The van der Waals surface area contributed by atoms with Gasteiger partial charge in [0.25, 0.3) is 5.56 Å². The number of imidazole rings is 2. The highest BCUT2D eigenvalue weighted by Crippen LogP contribution is 2.76. The van der Waals surface area contributed by atoms with Crippen LogP contribution in [0.15, 0.2) is 103 Å². The van der Waals surface area contributed by atoms with Crippen molar-refractivity contribution in [1.82, 2.24) is 39.0 Å². The number of H-pyrrole nitrogens is 1. The third-order valence-corrected chi connectivity index (χ3v) is 17.8. The number of hydrogen-bond donors (Lipinski definition) is 3. The molecule has 4 aromatic heterocycles. The van der Waals surface area contributed by atoms with E-state index < -0.39 is 42.6 Å². The molecule has 368 valence electrons. The molecule has 0 amide bonds. The number of nitriles is 1. The van der Waals surface area contributed by atoms with E-state index in [1.54, 1.807) is 26.9 Å². The van der Waals surface area contributed by atoms with Gasteiger partial charge in [0.1, 0.15) is 28.9 Å². The number of benzene rings is 3. The van der Waals surface area contributed by atoms with E-state index in [9.17, 15) is 10.1 Å². The zero-order valence-electron chi connectivity index (χ0n) is 40.0. The molecule has 20 heteroatoms. The Morgan fingerprint density at radius 2 is 1.44 bits per heavy atom. The van der Waals surface area contributed by atoms with Crippen LogP contribution in [0.1, 0.15) is 75.2 Å². The fourth-order valence-corrected chi connectivity index (χ4v) is 14.2. The molecule has 4 saturated carbocycles. The zero-order valence-corrected chi connectivity index (χ0v) is 40.9. The number of nitrogens with zero attached hydrogens (tertiary/aromatic N) is 8. The Morgan fingerprint density at radius 1 is 0.817 bits per heavy atom. The van der Waals surface area contributed by atoms with Crippen LogP contribution in [0.3, 0.4) is 0 Å². The zero-order chi connectivity index (χ0) is 49.5. The predicted octanol–water partition coefficient (Wildman–Crippen LogP) is 7.76. The number of nitrogen functional groups attached to an aromatic ring is 2. The minimum atomic E-state index is -4.52. The molecule has 0 saturated heterocycles. The Hall–Kier alpha value is -6.68. The van der Waals surface area contributed by atoms with Gasteiger partial charge in [-0.25, -0.2) is 24.5 Å². The van der Waals surface area contributed by atoms with Crippen LogP contribution in [0.2, 0.25) is 0 Å². The van der Waals surface area contributed by atoms with Crippen LogP contribution in [0, 0.1) is 45.8 Å². The van der Waals surface area contributed by atoms with Crippen LogP contribution in [0.4, 0.5) is 11.8 Å². The van der Waals surface area contributed by atoms with E-state index in [0.717, 1.165) is 29.5 Å². The van der Waals surface area contributed by atoms with Gasteiger partial charge in [-0.15, -0.1) is 0 Å². The molecule has 0 radical (unpaired) electrons. The van der Waals surface area contributed by atoms with E-state index in [0.29, 0.717) is 34.7 Å². The maximum absolute atomic E-state index is 15.7. The number of aromatic amines is 1. The third kappa shape index (κ3) is 7.40. The highest BCUT2D eigenvalue weighted by Gasteiger charge is 2.74. The van der Waals surface area contributed by atoms with E-state index in [1.165, 1.54) is 6.33 Å². The van der Waals surface area contributed by atoms with Crippen molar-refractivity contribution in [3.63, 3.8) is 0 Å². The number of nitrogens with two attached hydrogens (primary N) is 2. The fraction of sp³-hybridized carbons (Fsp3) is 0.431. The van der Waals surface area contributed by atoms with Gasteiger partial charge in [-0.2, -0.15) is 10.2 Å². The molecule has 4 fully saturated rings. The number of phosphoric acid groups is 1. The highest BCUT2D eigenvalue weighted by atomic mass is 31.2. The van der Waals surface area contributed by atoms with Gasteiger partial charge in [-0.3, -0.25) is 23.3 Å². The van der Waals surface area contributed by atoms with Crippen LogP contribution >= 0.6 is 7.82 Å². The van der Waals surface area contributed by atoms with Gasteiger partial charge in [0.05, 0.1) is 70.8 Å². The van der Waals surface area contributed by atoms with Gasteiger partial charge in [0, 0.05) is 17.4 Å². The fourth-order valence-electron chi connectivity index (χ4n) is 12.7. The molecule has 1 unspecified atom stereocenters. The summed E-state index contributed by atoms with van der Waals surface area (Å²) in [6.07, 6.45) is 5.73. The maximum atomic E-state index is 15.7. The lowest BCUT2D eigenvalue weighted by molar-refractivity contribution is -0.107. The number of hydrogen-bond acceptors (Lipinski definition) is 16. The van der Waals surface area contributed by atoms with Crippen molar-refractivity contribution in [2.24, 2.45) is 34.5 Å². The van der Waals surface area contributed by atoms with Gasteiger partial charge in [-0.05, 0) is 83.4 Å². The predicted molar refractivity (Wildman–Crippen MR) is 262 cm³/mol. The van der Waals surface area contributed by atoms with Gasteiger partial charge in [0.15, 0.2) is 22.6 Å². The molecule has 5 N–H and O–H groups in total. The molecular weight excluding hydrogens is 926 g/mol. The van der Waals surface area contributed by atoms with Crippen molar-refractivity contribution in [3.8, 4) is 17.6 Å². The first-order chi connectivity index (χ1) is 34.3. The minimum Gasteiger partial charge on any atom is -0.497 e. The van der Waals surface area contributed by atoms with Crippen molar-refractivity contribution >= 4 is 41.9 Å². The first-order valence-electron chi connectivity index (χ1n) is 24.0. The normalized spacial score (nSPS) is 28.3. The van der Waals surface area contributed by atoms with Crippen LogP contribution in [-0.4, -0.2) is 78.7 Å². The molecule has 19 nitrogen and oxygen atoms in total. The molecule has 0 spiro atoms. The van der Waals surface area contributed by atoms with Crippen molar-refractivity contribution in [1.29, 1.82) is 5.26 Å². The SMILES string of the molecule is CC[C@]12C[C@@H]1[C@@H](n1cnc3c(=O)[nH]c(N)nc31)[C@H](OP(=O)(OCCC#N)OC[C@]13C[C@@H]1[C@@H](n1cnc4c(N)ncnc41)[C@H](C)[C@@H]3OC(c1ccccc1)(c1ccc(OC)cc1)c1ccc(OC)cc1)[C@@H]2C. The number of phosphoric ester groups is 1. The van der Waals surface area contributed by atoms with E-state index in [1.807, 2.05) is 71.3 Å². The monoisotopic (exact) mass is 981 g/mol. The second kappa shape index (κ2) is 17.6. The van der Waals surface area contributed by atoms with Gasteiger partial charge in [-0.1, -0.05) is 75.4 Å². The molecule has 3 aromatic carbocycles. The largest absolute Gasteiger partial charge is 0.497 e. The molecule has 4 aliphatic rings. The maximum Gasteiger partial charge on any atom is 0.475 e. The van der Waals surface area contributed by atoms with Crippen molar-refractivity contribution in [3.05, 3.63) is 125 Å². The lowest BCUT2D eigenvalue weighted by Crippen LogP contribution is -2.43. The van der Waals surface area contributed by atoms with Crippen LogP contribution in [-0.2, 0) is 28.5 Å². The molecule has 71 heavy (non-hydrogen) atoms. The van der Waals surface area contributed by atoms with Crippen molar-refractivity contribution in [2.75, 3.05) is 38.9 Å². The molecule has 0 bridgehead atoms. The van der Waals surface area contributed by atoms with Crippen molar-refractivity contribution in [2.45, 2.75) is 76.3 Å². The van der Waals surface area contributed by atoms with E-state index in [2.05, 4.69) is 73.4 Å². The lowest BCUT2D eigenvalue weighted by atomic mass is 9.79. The number of ether oxygens (including phenoxy) is 3. The molecule has 7 aromatic rings. The first-order valence-corrected chi connectivity index (χ1v) is 25.4. The Balaban J connectivity index is 1.02. The Morgan fingerprint density at radius 3 is 2.08 bits per heavy atom. The number of aromatic nitrogens is 8.